The number of nitrogens with zero attached hydrogens (tertiary/aromatic N) is 3. The maximum Gasteiger partial charge on any atom is 0.418 e. The number of hydrogen-bond donors (Lipinski definition) is 2. The van der Waals surface area contributed by atoms with Crippen LogP contribution in [0.2, 0.25) is 0 Å². The summed E-state index contributed by atoms with van der Waals surface area (Å²) in [4.78, 5) is 23.8. The van der Waals surface area contributed by atoms with Gasteiger partial charge in [0.25, 0.3) is 0 Å². The number of aromatic nitrogens is 2. The van der Waals surface area contributed by atoms with Gasteiger partial charge in [0.05, 0.1) is 29.8 Å². The molecule has 0 aliphatic rings. The summed E-state index contributed by atoms with van der Waals surface area (Å²) in [6.45, 7) is -0.415. The Kier molecular flexibility index (Phi) is 7.79. The molecule has 15 heteroatoms. The van der Waals surface area contributed by atoms with Crippen molar-refractivity contribution in [1.29, 1.82) is 0 Å². The van der Waals surface area contributed by atoms with E-state index in [9.17, 15) is 31.2 Å². The zero-order chi connectivity index (χ0) is 22.5. The lowest BCUT2D eigenvalue weighted by Gasteiger charge is -2.13. The van der Waals surface area contributed by atoms with E-state index >= 15 is 0 Å². The van der Waals surface area contributed by atoms with Gasteiger partial charge in [0.1, 0.15) is 0 Å². The molecule has 0 saturated heterocycles. The third kappa shape index (κ3) is 7.23. The molecule has 1 aromatic heterocycles. The Hall–Kier alpha value is -2.23. The Morgan fingerprint density at radius 1 is 1.17 bits per heavy atom. The summed E-state index contributed by atoms with van der Waals surface area (Å²) in [6, 6.07) is 4.61. The average molecular weight is 484 g/mol. The van der Waals surface area contributed by atoms with Crippen molar-refractivity contribution in [2.75, 3.05) is 36.2 Å². The topological polar surface area (TPSA) is 121 Å². The van der Waals surface area contributed by atoms with Gasteiger partial charge in [-0.2, -0.15) is 17.5 Å². The summed E-state index contributed by atoms with van der Waals surface area (Å²) in [5.41, 5.74) is -1.31. The first-order chi connectivity index (χ1) is 13.9. The van der Waals surface area contributed by atoms with Crippen LogP contribution >= 0.6 is 23.1 Å². The molecule has 0 saturated carbocycles. The number of anilines is 2. The minimum atomic E-state index is -4.60. The summed E-state index contributed by atoms with van der Waals surface area (Å²) in [5.74, 6) is -1.53. The van der Waals surface area contributed by atoms with Crippen LogP contribution in [0.4, 0.5) is 24.0 Å². The van der Waals surface area contributed by atoms with E-state index in [0.717, 1.165) is 45.8 Å². The van der Waals surface area contributed by atoms with E-state index in [0.29, 0.717) is 4.34 Å². The largest absolute Gasteiger partial charge is 0.418 e. The third-order valence-electron chi connectivity index (χ3n) is 3.42. The number of amides is 2. The molecule has 164 valence electrons. The predicted molar refractivity (Wildman–Crippen MR) is 107 cm³/mol. The fraction of sp³-hybridized carbons (Fsp3) is 0.333. The molecular weight excluding hydrogens is 467 g/mol. The van der Waals surface area contributed by atoms with E-state index in [1.807, 2.05) is 0 Å². The van der Waals surface area contributed by atoms with Gasteiger partial charge in [0, 0.05) is 7.05 Å². The van der Waals surface area contributed by atoms with E-state index in [1.165, 1.54) is 19.2 Å². The number of rotatable bonds is 8. The summed E-state index contributed by atoms with van der Waals surface area (Å²) >= 11 is 1.85. The van der Waals surface area contributed by atoms with Crippen LogP contribution in [0.15, 0.2) is 28.6 Å². The second-order valence-electron chi connectivity index (χ2n) is 5.82. The molecule has 0 atom stereocenters. The number of thioether (sulfide) groups is 1. The first-order valence-corrected chi connectivity index (χ1v) is 11.6. The molecule has 1 aromatic carbocycles. The molecule has 30 heavy (non-hydrogen) atoms. The van der Waals surface area contributed by atoms with Gasteiger partial charge in [-0.15, -0.1) is 10.2 Å². The smallest absolute Gasteiger partial charge is 0.325 e. The first kappa shape index (κ1) is 24.0. The van der Waals surface area contributed by atoms with Gasteiger partial charge < -0.3 is 5.32 Å². The molecule has 9 nitrogen and oxygen atoms in total. The second kappa shape index (κ2) is 9.72. The highest BCUT2D eigenvalue weighted by Crippen LogP contribution is 2.34. The molecule has 0 aliphatic carbocycles. The third-order valence-corrected chi connectivity index (χ3v) is 6.65. The van der Waals surface area contributed by atoms with Crippen molar-refractivity contribution in [2.45, 2.75) is 10.5 Å². The van der Waals surface area contributed by atoms with Crippen LogP contribution in [-0.2, 0) is 25.8 Å². The van der Waals surface area contributed by atoms with Gasteiger partial charge in [-0.3, -0.25) is 14.9 Å². The van der Waals surface area contributed by atoms with Crippen LogP contribution in [-0.4, -0.2) is 60.3 Å². The number of para-hydroxylation sites is 1. The molecular formula is C15H16F3N5O4S3. The minimum absolute atomic E-state index is 0.0900. The van der Waals surface area contributed by atoms with E-state index in [1.54, 1.807) is 0 Å². The van der Waals surface area contributed by atoms with Gasteiger partial charge in [0.2, 0.25) is 27.0 Å². The summed E-state index contributed by atoms with van der Waals surface area (Å²) in [7, 11) is -2.28. The van der Waals surface area contributed by atoms with E-state index in [4.69, 9.17) is 0 Å². The van der Waals surface area contributed by atoms with Gasteiger partial charge >= 0.3 is 6.18 Å². The van der Waals surface area contributed by atoms with Gasteiger partial charge in [0.15, 0.2) is 4.34 Å². The summed E-state index contributed by atoms with van der Waals surface area (Å²) in [5, 5.41) is 12.1. The molecule has 0 fully saturated rings. The van der Waals surface area contributed by atoms with Gasteiger partial charge in [-0.05, 0) is 12.1 Å². The highest BCUT2D eigenvalue weighted by molar-refractivity contribution is 8.01. The number of carbonyl (C=O) groups is 2. The normalized spacial score (nSPS) is 12.1. The molecule has 0 bridgehead atoms. The van der Waals surface area contributed by atoms with Crippen LogP contribution in [0.5, 0.6) is 0 Å². The Morgan fingerprint density at radius 2 is 1.83 bits per heavy atom. The SMILES string of the molecule is CN(CC(=O)Nc1nnc(SCC(=O)Nc2ccccc2C(F)(F)F)s1)S(C)(=O)=O. The van der Waals surface area contributed by atoms with E-state index < -0.39 is 40.1 Å². The van der Waals surface area contributed by atoms with Crippen LogP contribution in [0.1, 0.15) is 5.56 Å². The lowest BCUT2D eigenvalue weighted by atomic mass is 10.1. The highest BCUT2D eigenvalue weighted by atomic mass is 32.2. The Morgan fingerprint density at radius 3 is 2.47 bits per heavy atom. The van der Waals surface area contributed by atoms with Crippen LogP contribution in [0.25, 0.3) is 0 Å². The molecule has 0 aliphatic heterocycles. The van der Waals surface area contributed by atoms with Gasteiger partial charge in [-0.1, -0.05) is 35.2 Å². The average Bonchev–Trinajstić information content (AvgIpc) is 3.06. The molecule has 1 heterocycles. The van der Waals surface area contributed by atoms with Crippen molar-refractivity contribution in [1.82, 2.24) is 14.5 Å². The van der Waals surface area contributed by atoms with Crippen molar-refractivity contribution in [2.24, 2.45) is 0 Å². The number of alkyl halides is 3. The van der Waals surface area contributed by atoms with Crippen LogP contribution in [0.3, 0.4) is 0 Å². The highest BCUT2D eigenvalue weighted by Gasteiger charge is 2.33. The lowest BCUT2D eigenvalue weighted by molar-refractivity contribution is -0.137. The summed E-state index contributed by atoms with van der Waals surface area (Å²) < 4.78 is 62.6. The monoisotopic (exact) mass is 483 g/mol. The number of hydrogen-bond acceptors (Lipinski definition) is 8. The zero-order valence-corrected chi connectivity index (χ0v) is 18.0. The standard InChI is InChI=1S/C15H16F3N5O4S3/c1-23(30(2,26)27)7-11(24)20-13-21-22-14(29-13)28-8-12(25)19-10-6-4-3-5-9(10)15(16,17)18/h3-6H,7-8H2,1-2H3,(H,19,25)(H,20,21,24). The zero-order valence-electron chi connectivity index (χ0n) is 15.6. The molecule has 2 amide bonds. The molecule has 0 radical (unpaired) electrons. The maximum atomic E-state index is 13.0. The quantitative estimate of drug-likeness (QED) is 0.436. The van der Waals surface area contributed by atoms with Gasteiger partial charge in [-0.25, -0.2) is 8.42 Å². The summed E-state index contributed by atoms with van der Waals surface area (Å²) in [6.07, 6.45) is -3.65. The van der Waals surface area contributed by atoms with Crippen LogP contribution in [0, 0.1) is 0 Å². The van der Waals surface area contributed by atoms with Crippen molar-refractivity contribution in [3.05, 3.63) is 29.8 Å². The maximum absolute atomic E-state index is 13.0. The van der Waals surface area contributed by atoms with Crippen molar-refractivity contribution >= 4 is 55.8 Å². The molecule has 2 rings (SSSR count). The van der Waals surface area contributed by atoms with Crippen molar-refractivity contribution in [3.63, 3.8) is 0 Å². The van der Waals surface area contributed by atoms with E-state index in [-0.39, 0.29) is 16.6 Å². The van der Waals surface area contributed by atoms with Crippen molar-refractivity contribution in [3.8, 4) is 0 Å². The molecule has 0 unspecified atom stereocenters. The molecule has 0 spiro atoms. The number of sulfonamides is 1. The molecule has 2 N–H and O–H groups in total. The number of carbonyl (C=O) groups excluding carboxylic acids is 2. The predicted octanol–water partition coefficient (Wildman–Crippen LogP) is 2.12. The van der Waals surface area contributed by atoms with Crippen molar-refractivity contribution < 1.29 is 31.2 Å². The lowest BCUT2D eigenvalue weighted by Crippen LogP contribution is -2.34. The Balaban J connectivity index is 1.89. The Labute approximate surface area is 178 Å². The second-order valence-corrected chi connectivity index (χ2v) is 10.1. The molecule has 2 aromatic rings. The Bertz CT molecular complexity index is 1030. The van der Waals surface area contributed by atoms with E-state index in [2.05, 4.69) is 20.8 Å². The number of nitrogens with one attached hydrogen (secondary N) is 2. The first-order valence-electron chi connectivity index (χ1n) is 8.00. The number of halogens is 3. The fourth-order valence-corrected chi connectivity index (χ4v) is 3.87. The number of likely N-dealkylation sites (N-methyl/N-ethyl adjacent to an activating group) is 1. The van der Waals surface area contributed by atoms with Crippen LogP contribution < -0.4 is 10.6 Å². The minimum Gasteiger partial charge on any atom is -0.325 e. The fourth-order valence-electron chi connectivity index (χ4n) is 1.95. The number of benzene rings is 1.